The van der Waals surface area contributed by atoms with Gasteiger partial charge in [0.1, 0.15) is 0 Å². The van der Waals surface area contributed by atoms with Crippen LogP contribution < -0.4 is 4.84 Å². The van der Waals surface area contributed by atoms with Gasteiger partial charge in [-0.3, -0.25) is 0 Å². The zero-order valence-electron chi connectivity index (χ0n) is 12.3. The largest absolute Gasteiger partial charge is 0.281 e. The van der Waals surface area contributed by atoms with Crippen molar-refractivity contribution in [2.45, 2.75) is 46.1 Å². The Morgan fingerprint density at radius 3 is 2.21 bits per heavy atom. The normalized spacial score (nSPS) is 20.7. The Bertz CT molecular complexity index is 375. The summed E-state index contributed by atoms with van der Waals surface area (Å²) < 4.78 is 27.9. The van der Waals surface area contributed by atoms with Gasteiger partial charge in [0.25, 0.3) is 10.2 Å². The highest BCUT2D eigenvalue weighted by atomic mass is 35.5. The van der Waals surface area contributed by atoms with E-state index in [-0.39, 0.29) is 11.5 Å². The molecule has 1 saturated heterocycles. The minimum Gasteiger partial charge on any atom is -0.229 e. The summed E-state index contributed by atoms with van der Waals surface area (Å²) in [6, 6.07) is -0.0984. The standard InChI is InChI=1S/C12H26ClN3O2S/c1-12(2,3)11(14-13)10-15(4)19(17,18)16-8-6-5-7-9-16/h11,14H,5-10H2,1-4H3/t11-/m1/s1. The lowest BCUT2D eigenvalue weighted by molar-refractivity contribution is 0.249. The molecule has 1 N–H and O–H groups in total. The zero-order chi connectivity index (χ0) is 14.7. The van der Waals surface area contributed by atoms with Gasteiger partial charge in [-0.2, -0.15) is 17.0 Å². The monoisotopic (exact) mass is 311 g/mol. The second-order valence-electron chi connectivity index (χ2n) is 6.28. The molecule has 1 atom stereocenters. The first-order chi connectivity index (χ1) is 8.69. The molecule has 0 bridgehead atoms. The molecule has 0 aromatic carbocycles. The molecule has 1 aliphatic heterocycles. The van der Waals surface area contributed by atoms with Gasteiger partial charge in [-0.15, -0.1) is 0 Å². The molecule has 0 saturated carbocycles. The highest BCUT2D eigenvalue weighted by Gasteiger charge is 2.32. The van der Waals surface area contributed by atoms with Crippen LogP contribution in [0, 0.1) is 5.41 Å². The quantitative estimate of drug-likeness (QED) is 0.788. The van der Waals surface area contributed by atoms with Gasteiger partial charge < -0.3 is 0 Å². The molecule has 0 radical (unpaired) electrons. The first-order valence-electron chi connectivity index (χ1n) is 6.77. The van der Waals surface area contributed by atoms with Gasteiger partial charge in [0.05, 0.1) is 0 Å². The molecule has 0 aromatic rings. The van der Waals surface area contributed by atoms with Gasteiger partial charge in [-0.05, 0) is 30.0 Å². The van der Waals surface area contributed by atoms with Crippen LogP contribution in [0.4, 0.5) is 0 Å². The lowest BCUT2D eigenvalue weighted by atomic mass is 9.87. The SMILES string of the molecule is CN(C[C@@H](NCl)C(C)(C)C)S(=O)(=O)N1CCCCC1. The van der Waals surface area contributed by atoms with Crippen LogP contribution in [0.1, 0.15) is 40.0 Å². The fourth-order valence-corrected chi connectivity index (χ4v) is 3.96. The van der Waals surface area contributed by atoms with Crippen LogP contribution in [0.2, 0.25) is 0 Å². The average molecular weight is 312 g/mol. The smallest absolute Gasteiger partial charge is 0.229 e. The number of halogens is 1. The van der Waals surface area contributed by atoms with Crippen LogP contribution in [0.3, 0.4) is 0 Å². The van der Waals surface area contributed by atoms with E-state index in [1.807, 2.05) is 20.8 Å². The summed E-state index contributed by atoms with van der Waals surface area (Å²) in [7, 11) is -1.74. The van der Waals surface area contributed by atoms with Crippen LogP contribution in [0.15, 0.2) is 0 Å². The number of piperidine rings is 1. The van der Waals surface area contributed by atoms with Gasteiger partial charge in [0.15, 0.2) is 0 Å². The van der Waals surface area contributed by atoms with Crippen molar-refractivity contribution in [3.05, 3.63) is 0 Å². The Morgan fingerprint density at radius 2 is 1.79 bits per heavy atom. The van der Waals surface area contributed by atoms with E-state index in [2.05, 4.69) is 4.84 Å². The molecule has 1 fully saturated rings. The Morgan fingerprint density at radius 1 is 1.26 bits per heavy atom. The molecule has 114 valence electrons. The first kappa shape index (κ1) is 17.2. The third kappa shape index (κ3) is 4.56. The molecule has 1 heterocycles. The maximum absolute atomic E-state index is 12.4. The molecular weight excluding hydrogens is 286 g/mol. The van der Waals surface area contributed by atoms with Crippen molar-refractivity contribution in [2.24, 2.45) is 5.41 Å². The van der Waals surface area contributed by atoms with E-state index in [0.29, 0.717) is 19.6 Å². The topological polar surface area (TPSA) is 52.7 Å². The zero-order valence-corrected chi connectivity index (χ0v) is 13.9. The lowest BCUT2D eigenvalue weighted by Gasteiger charge is -2.35. The molecule has 1 aliphatic rings. The fourth-order valence-electron chi connectivity index (χ4n) is 2.12. The van der Waals surface area contributed by atoms with Crippen LogP contribution >= 0.6 is 11.8 Å². The van der Waals surface area contributed by atoms with Crippen LogP contribution in [0.25, 0.3) is 0 Å². The number of hydrogen-bond acceptors (Lipinski definition) is 3. The molecule has 0 unspecified atom stereocenters. The number of nitrogens with one attached hydrogen (secondary N) is 1. The summed E-state index contributed by atoms with van der Waals surface area (Å²) in [5, 5.41) is 0. The molecular formula is C12H26ClN3O2S. The van der Waals surface area contributed by atoms with E-state index >= 15 is 0 Å². The first-order valence-corrected chi connectivity index (χ1v) is 8.54. The van der Waals surface area contributed by atoms with Crippen molar-refractivity contribution in [1.29, 1.82) is 0 Å². The maximum atomic E-state index is 12.4. The Balaban J connectivity index is 2.72. The minimum absolute atomic E-state index is 0.0984. The summed E-state index contributed by atoms with van der Waals surface area (Å²) in [4.78, 5) is 2.70. The Hall–Kier alpha value is 0.120. The van der Waals surface area contributed by atoms with Crippen molar-refractivity contribution in [3.63, 3.8) is 0 Å². The molecule has 1 rings (SSSR count). The highest BCUT2D eigenvalue weighted by Crippen LogP contribution is 2.22. The third-order valence-corrected chi connectivity index (χ3v) is 5.87. The molecule has 0 aromatic heterocycles. The fraction of sp³-hybridized carbons (Fsp3) is 1.00. The summed E-state index contributed by atoms with van der Waals surface area (Å²) in [5.41, 5.74) is -0.104. The Labute approximate surface area is 122 Å². The number of likely N-dealkylation sites (N-methyl/N-ethyl adjacent to an activating group) is 1. The molecule has 19 heavy (non-hydrogen) atoms. The lowest BCUT2D eigenvalue weighted by Crippen LogP contribution is -2.50. The second kappa shape index (κ2) is 6.72. The van der Waals surface area contributed by atoms with Gasteiger partial charge >= 0.3 is 0 Å². The van der Waals surface area contributed by atoms with Crippen LogP contribution in [0.5, 0.6) is 0 Å². The summed E-state index contributed by atoms with van der Waals surface area (Å²) in [5.74, 6) is 0. The minimum atomic E-state index is -3.36. The van der Waals surface area contributed by atoms with E-state index in [4.69, 9.17) is 11.8 Å². The van der Waals surface area contributed by atoms with E-state index in [1.54, 1.807) is 11.4 Å². The molecule has 5 nitrogen and oxygen atoms in total. The molecule has 0 amide bonds. The van der Waals surface area contributed by atoms with E-state index in [0.717, 1.165) is 19.3 Å². The van der Waals surface area contributed by atoms with E-state index in [1.165, 1.54) is 4.31 Å². The predicted octanol–water partition coefficient (Wildman–Crippen LogP) is 1.81. The van der Waals surface area contributed by atoms with Gasteiger partial charge in [-0.1, -0.05) is 27.2 Å². The van der Waals surface area contributed by atoms with Crippen molar-refractivity contribution >= 4 is 22.0 Å². The van der Waals surface area contributed by atoms with Crippen LogP contribution in [-0.2, 0) is 10.2 Å². The van der Waals surface area contributed by atoms with E-state index < -0.39 is 10.2 Å². The van der Waals surface area contributed by atoms with Crippen molar-refractivity contribution < 1.29 is 8.42 Å². The Kier molecular flexibility index (Phi) is 6.07. The molecule has 7 heteroatoms. The summed E-state index contributed by atoms with van der Waals surface area (Å²) >= 11 is 5.75. The van der Waals surface area contributed by atoms with Crippen molar-refractivity contribution in [3.8, 4) is 0 Å². The van der Waals surface area contributed by atoms with Gasteiger partial charge in [-0.25, -0.2) is 4.84 Å². The molecule has 0 aliphatic carbocycles. The highest BCUT2D eigenvalue weighted by molar-refractivity contribution is 7.86. The average Bonchev–Trinajstić information content (AvgIpc) is 2.35. The number of rotatable bonds is 5. The number of hydrogen-bond donors (Lipinski definition) is 1. The van der Waals surface area contributed by atoms with Gasteiger partial charge in [0.2, 0.25) is 0 Å². The summed E-state index contributed by atoms with van der Waals surface area (Å²) in [6.07, 6.45) is 3.01. The van der Waals surface area contributed by atoms with Crippen molar-refractivity contribution in [2.75, 3.05) is 26.7 Å². The van der Waals surface area contributed by atoms with Gasteiger partial charge in [0, 0.05) is 32.7 Å². The summed E-state index contributed by atoms with van der Waals surface area (Å²) in [6.45, 7) is 7.73. The van der Waals surface area contributed by atoms with Crippen LogP contribution in [-0.4, -0.2) is 49.8 Å². The third-order valence-electron chi connectivity index (χ3n) is 3.65. The maximum Gasteiger partial charge on any atom is 0.281 e. The van der Waals surface area contributed by atoms with Crippen molar-refractivity contribution in [1.82, 2.24) is 13.4 Å². The number of nitrogens with zero attached hydrogens (tertiary/aromatic N) is 2. The predicted molar refractivity (Wildman–Crippen MR) is 79.2 cm³/mol. The van der Waals surface area contributed by atoms with E-state index in [9.17, 15) is 8.42 Å². The second-order valence-corrected chi connectivity index (χ2v) is 8.53. The molecule has 0 spiro atoms.